The standard InChI is InChI=1S/C37H34N2O5/c1-23-18-30(42-22-26-10-6-4-7-11-26)15-16-31(23)36(28-12-8-5-9-13-28)38-34(40)20-27-14-17-32-29(19-27)21-33(43-32)37(41)35-24(2)39-44-25(35)3/h4-19,21,36-37,41H,20,22H2,1-3H3,(H,38,40). The summed E-state index contributed by atoms with van der Waals surface area (Å²) in [7, 11) is 0. The summed E-state index contributed by atoms with van der Waals surface area (Å²) >= 11 is 0. The number of nitrogens with zero attached hydrogens (tertiary/aromatic N) is 1. The van der Waals surface area contributed by atoms with E-state index in [0.717, 1.165) is 39.0 Å². The third kappa shape index (κ3) is 6.28. The van der Waals surface area contributed by atoms with Gasteiger partial charge in [-0.1, -0.05) is 78.0 Å². The molecule has 7 heteroatoms. The summed E-state index contributed by atoms with van der Waals surface area (Å²) in [6, 6.07) is 33.1. The van der Waals surface area contributed by atoms with Gasteiger partial charge in [-0.2, -0.15) is 0 Å². The van der Waals surface area contributed by atoms with Gasteiger partial charge in [-0.05, 0) is 78.9 Å². The smallest absolute Gasteiger partial charge is 0.225 e. The van der Waals surface area contributed by atoms with Gasteiger partial charge in [0.05, 0.1) is 23.7 Å². The number of furan rings is 1. The van der Waals surface area contributed by atoms with Crippen LogP contribution in [0.5, 0.6) is 5.75 Å². The van der Waals surface area contributed by atoms with Gasteiger partial charge in [0.15, 0.2) is 0 Å². The number of aliphatic hydroxyl groups is 1. The molecule has 0 spiro atoms. The minimum Gasteiger partial charge on any atom is -0.489 e. The van der Waals surface area contributed by atoms with Gasteiger partial charge < -0.3 is 24.1 Å². The van der Waals surface area contributed by atoms with E-state index in [1.807, 2.05) is 104 Å². The van der Waals surface area contributed by atoms with Crippen molar-refractivity contribution in [2.75, 3.05) is 0 Å². The summed E-state index contributed by atoms with van der Waals surface area (Å²) in [6.07, 6.45) is -0.811. The zero-order chi connectivity index (χ0) is 30.6. The van der Waals surface area contributed by atoms with Gasteiger partial charge in [0.25, 0.3) is 0 Å². The maximum absolute atomic E-state index is 13.5. The van der Waals surface area contributed by atoms with Crippen LogP contribution < -0.4 is 10.1 Å². The lowest BCUT2D eigenvalue weighted by atomic mass is 9.94. The third-order valence-electron chi connectivity index (χ3n) is 7.83. The number of aliphatic hydroxyl groups excluding tert-OH is 1. The number of amides is 1. The van der Waals surface area contributed by atoms with Crippen LogP contribution in [-0.4, -0.2) is 16.2 Å². The highest BCUT2D eigenvalue weighted by atomic mass is 16.5. The van der Waals surface area contributed by atoms with E-state index in [0.29, 0.717) is 35.0 Å². The van der Waals surface area contributed by atoms with Crippen LogP contribution in [0, 0.1) is 20.8 Å². The van der Waals surface area contributed by atoms with Crippen molar-refractivity contribution >= 4 is 16.9 Å². The van der Waals surface area contributed by atoms with Crippen LogP contribution in [0.25, 0.3) is 11.0 Å². The molecule has 4 aromatic carbocycles. The van der Waals surface area contributed by atoms with Crippen LogP contribution >= 0.6 is 0 Å². The molecule has 44 heavy (non-hydrogen) atoms. The van der Waals surface area contributed by atoms with Gasteiger partial charge in [0.1, 0.15) is 35.6 Å². The molecule has 222 valence electrons. The lowest BCUT2D eigenvalue weighted by Gasteiger charge is -2.22. The second kappa shape index (κ2) is 12.6. The molecule has 0 aliphatic heterocycles. The van der Waals surface area contributed by atoms with Crippen molar-refractivity contribution in [3.63, 3.8) is 0 Å². The number of benzene rings is 4. The zero-order valence-corrected chi connectivity index (χ0v) is 24.9. The number of nitrogens with one attached hydrogen (secondary N) is 1. The predicted molar refractivity (Wildman–Crippen MR) is 168 cm³/mol. The van der Waals surface area contributed by atoms with Crippen molar-refractivity contribution in [2.24, 2.45) is 0 Å². The second-order valence-electron chi connectivity index (χ2n) is 11.0. The van der Waals surface area contributed by atoms with Gasteiger partial charge in [0.2, 0.25) is 5.91 Å². The highest BCUT2D eigenvalue weighted by Gasteiger charge is 2.24. The molecule has 2 aromatic heterocycles. The lowest BCUT2D eigenvalue weighted by Crippen LogP contribution is -2.31. The fourth-order valence-corrected chi connectivity index (χ4v) is 5.57. The van der Waals surface area contributed by atoms with Crippen molar-refractivity contribution < 1.29 is 23.6 Å². The Balaban J connectivity index is 1.19. The molecule has 0 fully saturated rings. The zero-order valence-electron chi connectivity index (χ0n) is 24.9. The first-order chi connectivity index (χ1) is 21.4. The Hall–Kier alpha value is -5.14. The summed E-state index contributed by atoms with van der Waals surface area (Å²) in [5, 5.41) is 18.9. The first kappa shape index (κ1) is 29.0. The minimum absolute atomic E-state index is 0.110. The summed E-state index contributed by atoms with van der Waals surface area (Å²) in [6.45, 7) is 6.07. The van der Waals surface area contributed by atoms with Gasteiger partial charge in [0, 0.05) is 5.39 Å². The first-order valence-electron chi connectivity index (χ1n) is 14.6. The Morgan fingerprint density at radius 1 is 0.886 bits per heavy atom. The number of hydrogen-bond donors (Lipinski definition) is 2. The number of hydrogen-bond acceptors (Lipinski definition) is 6. The Morgan fingerprint density at radius 2 is 1.64 bits per heavy atom. The fraction of sp³-hybridized carbons (Fsp3) is 0.189. The van der Waals surface area contributed by atoms with E-state index in [1.54, 1.807) is 19.9 Å². The van der Waals surface area contributed by atoms with Gasteiger partial charge in [-0.15, -0.1) is 0 Å². The highest BCUT2D eigenvalue weighted by molar-refractivity contribution is 5.83. The predicted octanol–water partition coefficient (Wildman–Crippen LogP) is 7.46. The molecule has 2 heterocycles. The molecule has 0 aliphatic rings. The van der Waals surface area contributed by atoms with Gasteiger partial charge in [-0.3, -0.25) is 4.79 Å². The summed E-state index contributed by atoms with van der Waals surface area (Å²) in [4.78, 5) is 13.5. The fourth-order valence-electron chi connectivity index (χ4n) is 5.57. The van der Waals surface area contributed by atoms with Crippen molar-refractivity contribution in [1.82, 2.24) is 10.5 Å². The number of aromatic nitrogens is 1. The molecule has 1 amide bonds. The summed E-state index contributed by atoms with van der Waals surface area (Å²) < 4.78 is 17.2. The second-order valence-corrected chi connectivity index (χ2v) is 11.0. The Kier molecular flexibility index (Phi) is 8.30. The van der Waals surface area contributed by atoms with Crippen LogP contribution in [0.1, 0.15) is 62.7 Å². The number of carbonyl (C=O) groups excluding carboxylic acids is 1. The van der Waals surface area contributed by atoms with E-state index in [9.17, 15) is 9.90 Å². The van der Waals surface area contributed by atoms with Crippen LogP contribution in [0.3, 0.4) is 0 Å². The summed E-state index contributed by atoms with van der Waals surface area (Å²) in [5.41, 5.74) is 6.79. The van der Waals surface area contributed by atoms with Crippen molar-refractivity contribution in [2.45, 2.75) is 45.9 Å². The molecular weight excluding hydrogens is 552 g/mol. The number of ether oxygens (including phenoxy) is 1. The third-order valence-corrected chi connectivity index (χ3v) is 7.83. The molecule has 0 saturated carbocycles. The van der Waals surface area contributed by atoms with Crippen molar-refractivity contribution in [1.29, 1.82) is 0 Å². The van der Waals surface area contributed by atoms with Crippen LogP contribution in [0.2, 0.25) is 0 Å². The Bertz CT molecular complexity index is 1870. The average molecular weight is 587 g/mol. The lowest BCUT2D eigenvalue weighted by molar-refractivity contribution is -0.120. The molecule has 0 bridgehead atoms. The Labute approximate surface area is 256 Å². The SMILES string of the molecule is Cc1cc(OCc2ccccc2)ccc1C(NC(=O)Cc1ccc2oc(C(O)c3c(C)noc3C)cc2c1)c1ccccc1. The van der Waals surface area contributed by atoms with E-state index in [2.05, 4.69) is 10.5 Å². The molecule has 2 unspecified atom stereocenters. The van der Waals surface area contributed by atoms with Gasteiger partial charge in [-0.25, -0.2) is 0 Å². The van der Waals surface area contributed by atoms with Crippen LogP contribution in [0.15, 0.2) is 112 Å². The highest BCUT2D eigenvalue weighted by Crippen LogP contribution is 2.32. The number of aryl methyl sites for hydroxylation is 3. The molecule has 0 aliphatic carbocycles. The quantitative estimate of drug-likeness (QED) is 0.173. The average Bonchev–Trinajstić information content (AvgIpc) is 3.61. The monoisotopic (exact) mass is 586 g/mol. The van der Waals surface area contributed by atoms with E-state index >= 15 is 0 Å². The van der Waals surface area contributed by atoms with Crippen molar-refractivity contribution in [3.8, 4) is 5.75 Å². The van der Waals surface area contributed by atoms with Crippen molar-refractivity contribution in [3.05, 3.63) is 154 Å². The molecule has 0 radical (unpaired) electrons. The van der Waals surface area contributed by atoms with Gasteiger partial charge >= 0.3 is 0 Å². The first-order valence-corrected chi connectivity index (χ1v) is 14.6. The van der Waals surface area contributed by atoms with Crippen LogP contribution in [0.4, 0.5) is 0 Å². The van der Waals surface area contributed by atoms with Crippen LogP contribution in [-0.2, 0) is 17.8 Å². The maximum Gasteiger partial charge on any atom is 0.225 e. The normalized spacial score (nSPS) is 12.6. The van der Waals surface area contributed by atoms with E-state index in [-0.39, 0.29) is 18.4 Å². The number of carbonyl (C=O) groups is 1. The topological polar surface area (TPSA) is 97.7 Å². The number of rotatable bonds is 10. The van der Waals surface area contributed by atoms with E-state index in [4.69, 9.17) is 13.7 Å². The Morgan fingerprint density at radius 3 is 2.34 bits per heavy atom. The molecule has 2 atom stereocenters. The van der Waals surface area contributed by atoms with E-state index < -0.39 is 6.10 Å². The molecular formula is C37H34N2O5. The van der Waals surface area contributed by atoms with E-state index in [1.165, 1.54) is 0 Å². The molecule has 0 saturated heterocycles. The minimum atomic E-state index is -0.995. The molecule has 6 rings (SSSR count). The molecule has 6 aromatic rings. The number of fused-ring (bicyclic) bond motifs is 1. The molecule has 2 N–H and O–H groups in total. The summed E-state index contributed by atoms with van der Waals surface area (Å²) in [5.74, 6) is 1.61. The molecule has 7 nitrogen and oxygen atoms in total. The largest absolute Gasteiger partial charge is 0.489 e. The maximum atomic E-state index is 13.5.